The maximum absolute atomic E-state index is 10.2. The van der Waals surface area contributed by atoms with Crippen molar-refractivity contribution in [3.05, 3.63) is 28.2 Å². The summed E-state index contributed by atoms with van der Waals surface area (Å²) in [5, 5.41) is 10.2. The number of aliphatic hydroxyl groups is 1. The lowest BCUT2D eigenvalue weighted by atomic mass is 9.94. The van der Waals surface area contributed by atoms with Crippen molar-refractivity contribution < 1.29 is 9.84 Å². The van der Waals surface area contributed by atoms with Gasteiger partial charge < -0.3 is 9.84 Å². The molecule has 2 aliphatic rings. The Morgan fingerprint density at radius 1 is 1.29 bits per heavy atom. The third-order valence-corrected chi connectivity index (χ3v) is 5.55. The number of benzene rings is 1. The Bertz CT molecular complexity index is 494. The van der Waals surface area contributed by atoms with Crippen molar-refractivity contribution in [1.29, 1.82) is 0 Å². The highest BCUT2D eigenvalue weighted by Gasteiger charge is 2.38. The molecule has 0 radical (unpaired) electrons. The lowest BCUT2D eigenvalue weighted by molar-refractivity contribution is 0.0716. The van der Waals surface area contributed by atoms with E-state index in [2.05, 4.69) is 26.9 Å². The first-order valence-electron chi connectivity index (χ1n) is 7.93. The van der Waals surface area contributed by atoms with Crippen LogP contribution in [0.15, 0.2) is 22.7 Å². The first-order valence-corrected chi connectivity index (χ1v) is 8.73. The number of hydrogen-bond acceptors (Lipinski definition) is 3. The molecule has 1 N–H and O–H groups in total. The third kappa shape index (κ3) is 3.27. The summed E-state index contributed by atoms with van der Waals surface area (Å²) in [6.07, 6.45) is 5.70. The van der Waals surface area contributed by atoms with Gasteiger partial charge in [0.2, 0.25) is 0 Å². The van der Waals surface area contributed by atoms with Crippen molar-refractivity contribution in [3.63, 3.8) is 0 Å². The molecule has 0 bridgehead atoms. The van der Waals surface area contributed by atoms with E-state index in [1.807, 2.05) is 12.1 Å². The van der Waals surface area contributed by atoms with E-state index >= 15 is 0 Å². The van der Waals surface area contributed by atoms with Crippen molar-refractivity contribution in [1.82, 2.24) is 4.90 Å². The average Bonchev–Trinajstić information content (AvgIpc) is 3.08. The number of likely N-dealkylation sites (tertiary alicyclic amines) is 1. The van der Waals surface area contributed by atoms with Gasteiger partial charge in [-0.3, -0.25) is 4.90 Å². The highest BCUT2D eigenvalue weighted by molar-refractivity contribution is 9.10. The van der Waals surface area contributed by atoms with E-state index in [-0.39, 0.29) is 6.10 Å². The minimum absolute atomic E-state index is 0.0972. The molecule has 21 heavy (non-hydrogen) atoms. The second-order valence-electron chi connectivity index (χ2n) is 6.30. The predicted molar refractivity (Wildman–Crippen MR) is 87.5 cm³/mol. The monoisotopic (exact) mass is 353 g/mol. The van der Waals surface area contributed by atoms with E-state index in [1.54, 1.807) is 7.11 Å². The Balaban J connectivity index is 1.75. The van der Waals surface area contributed by atoms with E-state index in [0.29, 0.717) is 12.0 Å². The minimum Gasteiger partial charge on any atom is -0.496 e. The second-order valence-corrected chi connectivity index (χ2v) is 7.21. The van der Waals surface area contributed by atoms with Gasteiger partial charge in [-0.1, -0.05) is 22.4 Å². The Labute approximate surface area is 135 Å². The van der Waals surface area contributed by atoms with E-state index in [1.165, 1.54) is 31.2 Å². The van der Waals surface area contributed by atoms with Crippen LogP contribution in [0.3, 0.4) is 0 Å². The molecule has 1 aliphatic carbocycles. The summed E-state index contributed by atoms with van der Waals surface area (Å²) in [6, 6.07) is 6.73. The maximum atomic E-state index is 10.2. The fraction of sp³-hybridized carbons (Fsp3) is 0.647. The van der Waals surface area contributed by atoms with Crippen LogP contribution in [0.4, 0.5) is 0 Å². The van der Waals surface area contributed by atoms with Gasteiger partial charge in [-0.2, -0.15) is 0 Å². The normalized spacial score (nSPS) is 30.0. The van der Waals surface area contributed by atoms with Gasteiger partial charge in [0.15, 0.2) is 0 Å². The lowest BCUT2D eigenvalue weighted by Gasteiger charge is -2.31. The molecular formula is C17H24BrNO2. The summed E-state index contributed by atoms with van der Waals surface area (Å²) >= 11 is 3.55. The zero-order chi connectivity index (χ0) is 14.8. The zero-order valence-electron chi connectivity index (χ0n) is 12.6. The fourth-order valence-corrected chi connectivity index (χ4v) is 4.45. The second kappa shape index (κ2) is 6.67. The van der Waals surface area contributed by atoms with Crippen molar-refractivity contribution in [2.24, 2.45) is 5.92 Å². The summed E-state index contributed by atoms with van der Waals surface area (Å²) in [5.74, 6) is 1.42. The molecule has 1 aromatic carbocycles. The zero-order valence-corrected chi connectivity index (χ0v) is 14.2. The number of hydrogen-bond donors (Lipinski definition) is 1. The SMILES string of the molecule is COc1ccc(Br)cc1CN1CCCC1C1CCCC1O. The van der Waals surface area contributed by atoms with Gasteiger partial charge in [0.25, 0.3) is 0 Å². The van der Waals surface area contributed by atoms with Gasteiger partial charge in [0, 0.05) is 28.5 Å². The molecule has 1 aromatic rings. The molecule has 1 heterocycles. The number of aliphatic hydroxyl groups excluding tert-OH is 1. The standard InChI is InChI=1S/C17H24BrNO2/c1-21-17-8-7-13(18)10-12(17)11-19-9-3-5-15(19)14-4-2-6-16(14)20/h7-8,10,14-16,20H,2-6,9,11H2,1H3. The number of halogens is 1. The minimum atomic E-state index is -0.0972. The highest BCUT2D eigenvalue weighted by Crippen LogP contribution is 2.37. The van der Waals surface area contributed by atoms with Crippen LogP contribution in [0.1, 0.15) is 37.7 Å². The summed E-state index contributed by atoms with van der Waals surface area (Å²) < 4.78 is 6.59. The maximum Gasteiger partial charge on any atom is 0.123 e. The van der Waals surface area contributed by atoms with E-state index in [4.69, 9.17) is 4.74 Å². The summed E-state index contributed by atoms with van der Waals surface area (Å²) in [4.78, 5) is 2.55. The molecule has 0 spiro atoms. The predicted octanol–water partition coefficient (Wildman–Crippen LogP) is 3.58. The van der Waals surface area contributed by atoms with Crippen LogP contribution in [0.25, 0.3) is 0 Å². The Morgan fingerprint density at radius 2 is 2.14 bits per heavy atom. The fourth-order valence-electron chi connectivity index (χ4n) is 4.04. The Kier molecular flexibility index (Phi) is 4.87. The molecule has 1 saturated heterocycles. The smallest absolute Gasteiger partial charge is 0.123 e. The highest BCUT2D eigenvalue weighted by atomic mass is 79.9. The van der Waals surface area contributed by atoms with Crippen LogP contribution >= 0.6 is 15.9 Å². The van der Waals surface area contributed by atoms with Gasteiger partial charge >= 0.3 is 0 Å². The van der Waals surface area contributed by atoms with Crippen LogP contribution < -0.4 is 4.74 Å². The molecule has 0 aromatic heterocycles. The quantitative estimate of drug-likeness (QED) is 0.897. The molecule has 1 aliphatic heterocycles. The molecule has 3 unspecified atom stereocenters. The summed E-state index contributed by atoms with van der Waals surface area (Å²) in [7, 11) is 1.73. The van der Waals surface area contributed by atoms with Gasteiger partial charge in [-0.25, -0.2) is 0 Å². The van der Waals surface area contributed by atoms with Gasteiger partial charge in [-0.15, -0.1) is 0 Å². The molecule has 3 nitrogen and oxygen atoms in total. The van der Waals surface area contributed by atoms with Crippen LogP contribution in [0.5, 0.6) is 5.75 Å². The van der Waals surface area contributed by atoms with Crippen LogP contribution in [-0.4, -0.2) is 35.8 Å². The van der Waals surface area contributed by atoms with Crippen LogP contribution in [0, 0.1) is 5.92 Å². The number of ether oxygens (including phenoxy) is 1. The van der Waals surface area contributed by atoms with E-state index in [9.17, 15) is 5.11 Å². The molecule has 2 fully saturated rings. The molecule has 0 amide bonds. The molecule has 3 rings (SSSR count). The summed E-state index contributed by atoms with van der Waals surface area (Å²) in [5.41, 5.74) is 1.23. The summed E-state index contributed by atoms with van der Waals surface area (Å²) in [6.45, 7) is 2.04. The van der Waals surface area contributed by atoms with Crippen LogP contribution in [-0.2, 0) is 6.54 Å². The average molecular weight is 354 g/mol. The Morgan fingerprint density at radius 3 is 2.86 bits per heavy atom. The first kappa shape index (κ1) is 15.3. The van der Waals surface area contributed by atoms with Gasteiger partial charge in [-0.05, 0) is 50.4 Å². The molecule has 4 heteroatoms. The van der Waals surface area contributed by atoms with Crippen molar-refractivity contribution >= 4 is 15.9 Å². The number of nitrogens with zero attached hydrogens (tertiary/aromatic N) is 1. The van der Waals surface area contributed by atoms with E-state index in [0.717, 1.165) is 29.7 Å². The van der Waals surface area contributed by atoms with Gasteiger partial charge in [0.05, 0.1) is 13.2 Å². The lowest BCUT2D eigenvalue weighted by Crippen LogP contribution is -2.38. The number of rotatable bonds is 4. The van der Waals surface area contributed by atoms with Crippen LogP contribution in [0.2, 0.25) is 0 Å². The van der Waals surface area contributed by atoms with Crippen molar-refractivity contribution in [2.45, 2.75) is 50.8 Å². The molecule has 116 valence electrons. The third-order valence-electron chi connectivity index (χ3n) is 5.06. The van der Waals surface area contributed by atoms with E-state index < -0.39 is 0 Å². The Hall–Kier alpha value is -0.580. The number of methoxy groups -OCH3 is 1. The first-order chi connectivity index (χ1) is 10.2. The van der Waals surface area contributed by atoms with Gasteiger partial charge in [0.1, 0.15) is 5.75 Å². The molecule has 3 atom stereocenters. The van der Waals surface area contributed by atoms with Crippen molar-refractivity contribution in [2.75, 3.05) is 13.7 Å². The molecular weight excluding hydrogens is 330 g/mol. The van der Waals surface area contributed by atoms with Crippen molar-refractivity contribution in [3.8, 4) is 5.75 Å². The topological polar surface area (TPSA) is 32.7 Å². The molecule has 1 saturated carbocycles. The largest absolute Gasteiger partial charge is 0.496 e.